The Balaban J connectivity index is 2.87. The highest BCUT2D eigenvalue weighted by Crippen LogP contribution is 2.28. The average Bonchev–Trinajstić information content (AvgIpc) is 2.08. The molecular weight excluding hydrogens is 279 g/mol. The van der Waals surface area contributed by atoms with Crippen molar-refractivity contribution in [2.45, 2.75) is 6.18 Å². The molecule has 0 aromatic heterocycles. The first-order valence-electron chi connectivity index (χ1n) is 3.67. The van der Waals surface area contributed by atoms with Gasteiger partial charge in [-0.2, -0.15) is 13.2 Å². The lowest BCUT2D eigenvalue weighted by Gasteiger charge is -2.09. The number of rotatable bonds is 1. The van der Waals surface area contributed by atoms with Crippen molar-refractivity contribution in [3.8, 4) is 5.75 Å². The topological polar surface area (TPSA) is 49.3 Å². The Hall–Kier alpha value is -1.24. The highest BCUT2D eigenvalue weighted by Gasteiger charge is 2.38. The van der Waals surface area contributed by atoms with Gasteiger partial charge in [-0.1, -0.05) is 15.9 Å². The van der Waals surface area contributed by atoms with Crippen LogP contribution in [0.15, 0.2) is 22.7 Å². The van der Waals surface area contributed by atoms with Crippen LogP contribution >= 0.6 is 15.9 Å². The van der Waals surface area contributed by atoms with E-state index in [1.807, 2.05) is 0 Å². The number of anilines is 1. The zero-order valence-electron chi connectivity index (χ0n) is 7.10. The molecule has 2 N–H and O–H groups in total. The first kappa shape index (κ1) is 11.8. The van der Waals surface area contributed by atoms with Crippen LogP contribution in [0.4, 0.5) is 18.9 Å². The van der Waals surface area contributed by atoms with Gasteiger partial charge in [-0.3, -0.25) is 4.79 Å². The van der Waals surface area contributed by atoms with Crippen LogP contribution in [-0.4, -0.2) is 17.2 Å². The number of carbonyl (C=O) groups is 1. The lowest BCUT2D eigenvalue weighted by atomic mass is 10.3. The van der Waals surface area contributed by atoms with E-state index in [0.717, 1.165) is 6.07 Å². The predicted molar refractivity (Wildman–Crippen MR) is 50.5 cm³/mol. The second kappa shape index (κ2) is 4.09. The number of phenols is 1. The fourth-order valence-electron chi connectivity index (χ4n) is 0.804. The van der Waals surface area contributed by atoms with Crippen molar-refractivity contribution in [1.82, 2.24) is 0 Å². The fraction of sp³-hybridized carbons (Fsp3) is 0.125. The highest BCUT2D eigenvalue weighted by atomic mass is 79.9. The summed E-state index contributed by atoms with van der Waals surface area (Å²) >= 11 is 3.01. The van der Waals surface area contributed by atoms with Crippen LogP contribution in [0.3, 0.4) is 0 Å². The van der Waals surface area contributed by atoms with E-state index in [1.54, 1.807) is 5.32 Å². The molecule has 0 bridgehead atoms. The van der Waals surface area contributed by atoms with E-state index in [4.69, 9.17) is 0 Å². The average molecular weight is 284 g/mol. The smallest absolute Gasteiger partial charge is 0.471 e. The van der Waals surface area contributed by atoms with Gasteiger partial charge in [-0.25, -0.2) is 0 Å². The third-order valence-corrected chi connectivity index (χ3v) is 1.96. The minimum absolute atomic E-state index is 0.291. The molecule has 1 aromatic carbocycles. The molecule has 0 aliphatic rings. The molecule has 7 heteroatoms. The zero-order valence-corrected chi connectivity index (χ0v) is 8.69. The van der Waals surface area contributed by atoms with Crippen LogP contribution in [0.2, 0.25) is 0 Å². The maximum Gasteiger partial charge on any atom is 0.471 e. The van der Waals surface area contributed by atoms with Crippen LogP contribution in [0.25, 0.3) is 0 Å². The van der Waals surface area contributed by atoms with Crippen LogP contribution < -0.4 is 5.32 Å². The van der Waals surface area contributed by atoms with Gasteiger partial charge in [0, 0.05) is 4.47 Å². The summed E-state index contributed by atoms with van der Waals surface area (Å²) in [5, 5.41) is 10.7. The number of benzene rings is 1. The normalized spacial score (nSPS) is 11.2. The van der Waals surface area contributed by atoms with Gasteiger partial charge in [-0.05, 0) is 18.2 Å². The first-order valence-corrected chi connectivity index (χ1v) is 4.46. The maximum atomic E-state index is 11.8. The predicted octanol–water partition coefficient (Wildman–Crippen LogP) is 2.66. The van der Waals surface area contributed by atoms with Gasteiger partial charge < -0.3 is 10.4 Å². The van der Waals surface area contributed by atoms with Gasteiger partial charge in [0.05, 0.1) is 5.69 Å². The molecule has 82 valence electrons. The Morgan fingerprint density at radius 2 is 2.00 bits per heavy atom. The fourth-order valence-corrected chi connectivity index (χ4v) is 1.15. The molecule has 0 unspecified atom stereocenters. The summed E-state index contributed by atoms with van der Waals surface area (Å²) in [6.45, 7) is 0. The minimum atomic E-state index is -4.97. The van der Waals surface area contributed by atoms with Crippen LogP contribution in [0.5, 0.6) is 5.75 Å². The third-order valence-electron chi connectivity index (χ3n) is 1.47. The molecule has 0 radical (unpaired) electrons. The quantitative estimate of drug-likeness (QED) is 0.779. The number of hydrogen-bond donors (Lipinski definition) is 2. The molecule has 15 heavy (non-hydrogen) atoms. The Morgan fingerprint density at radius 3 is 2.47 bits per heavy atom. The molecule has 0 saturated carbocycles. The Bertz CT molecular complexity index is 392. The van der Waals surface area contributed by atoms with Gasteiger partial charge in [0.15, 0.2) is 0 Å². The number of nitrogens with one attached hydrogen (secondary N) is 1. The number of phenolic OH excluding ortho intramolecular Hbond substituents is 1. The second-order valence-corrected chi connectivity index (χ2v) is 3.53. The summed E-state index contributed by atoms with van der Waals surface area (Å²) in [6.07, 6.45) is -4.97. The molecule has 0 aliphatic heterocycles. The number of hydrogen-bond acceptors (Lipinski definition) is 2. The van der Waals surface area contributed by atoms with Crippen molar-refractivity contribution >= 4 is 27.5 Å². The zero-order chi connectivity index (χ0) is 11.6. The van der Waals surface area contributed by atoms with Crippen molar-refractivity contribution in [1.29, 1.82) is 0 Å². The van der Waals surface area contributed by atoms with Gasteiger partial charge >= 0.3 is 12.1 Å². The molecule has 1 rings (SSSR count). The van der Waals surface area contributed by atoms with E-state index in [1.165, 1.54) is 12.1 Å². The van der Waals surface area contributed by atoms with E-state index >= 15 is 0 Å². The van der Waals surface area contributed by atoms with E-state index in [9.17, 15) is 23.1 Å². The second-order valence-electron chi connectivity index (χ2n) is 2.61. The summed E-state index contributed by atoms with van der Waals surface area (Å²) in [4.78, 5) is 10.5. The molecule has 0 fully saturated rings. The lowest BCUT2D eigenvalue weighted by molar-refractivity contribution is -0.167. The first-order chi connectivity index (χ1) is 6.80. The highest BCUT2D eigenvalue weighted by molar-refractivity contribution is 9.10. The van der Waals surface area contributed by atoms with Crippen molar-refractivity contribution in [2.24, 2.45) is 0 Å². The van der Waals surface area contributed by atoms with Crippen molar-refractivity contribution in [3.63, 3.8) is 0 Å². The Morgan fingerprint density at radius 1 is 1.40 bits per heavy atom. The number of halogens is 4. The maximum absolute atomic E-state index is 11.8. The lowest BCUT2D eigenvalue weighted by Crippen LogP contribution is -2.29. The molecule has 0 spiro atoms. The number of carbonyl (C=O) groups excluding carboxylic acids is 1. The van der Waals surface area contributed by atoms with E-state index in [2.05, 4.69) is 15.9 Å². The van der Waals surface area contributed by atoms with Crippen molar-refractivity contribution in [3.05, 3.63) is 22.7 Å². The summed E-state index contributed by atoms with van der Waals surface area (Å²) < 4.78 is 36.0. The van der Waals surface area contributed by atoms with Gasteiger partial charge in [0.2, 0.25) is 0 Å². The Kier molecular flexibility index (Phi) is 3.23. The summed E-state index contributed by atoms with van der Waals surface area (Å²) in [5.41, 5.74) is -0.291. The summed E-state index contributed by atoms with van der Waals surface area (Å²) in [7, 11) is 0. The summed E-state index contributed by atoms with van der Waals surface area (Å²) in [6, 6.07) is 3.72. The molecular formula is C8H5BrF3NO2. The minimum Gasteiger partial charge on any atom is -0.506 e. The molecule has 1 aromatic rings. The molecule has 1 amide bonds. The van der Waals surface area contributed by atoms with E-state index < -0.39 is 17.8 Å². The molecule has 0 heterocycles. The van der Waals surface area contributed by atoms with Crippen LogP contribution in [-0.2, 0) is 4.79 Å². The van der Waals surface area contributed by atoms with E-state index in [0.29, 0.717) is 4.47 Å². The van der Waals surface area contributed by atoms with Crippen molar-refractivity contribution in [2.75, 3.05) is 5.32 Å². The largest absolute Gasteiger partial charge is 0.506 e. The SMILES string of the molecule is O=C(Nc1ccc(Br)cc1O)C(F)(F)F. The van der Waals surface area contributed by atoms with E-state index in [-0.39, 0.29) is 5.69 Å². The number of amides is 1. The summed E-state index contributed by atoms with van der Waals surface area (Å²) in [5.74, 6) is -2.57. The van der Waals surface area contributed by atoms with Crippen molar-refractivity contribution < 1.29 is 23.1 Å². The van der Waals surface area contributed by atoms with Crippen LogP contribution in [0, 0.1) is 0 Å². The number of alkyl halides is 3. The van der Waals surface area contributed by atoms with Gasteiger partial charge in [-0.15, -0.1) is 0 Å². The monoisotopic (exact) mass is 283 g/mol. The van der Waals surface area contributed by atoms with Gasteiger partial charge in [0.1, 0.15) is 5.75 Å². The standard InChI is InChI=1S/C8H5BrF3NO2/c9-4-1-2-5(6(14)3-4)13-7(15)8(10,11)12/h1-3,14H,(H,13,15). The molecule has 0 aliphatic carbocycles. The third kappa shape index (κ3) is 3.12. The molecule has 3 nitrogen and oxygen atoms in total. The van der Waals surface area contributed by atoms with Crippen LogP contribution in [0.1, 0.15) is 0 Å². The van der Waals surface area contributed by atoms with Gasteiger partial charge in [0.25, 0.3) is 0 Å². The Labute approximate surface area is 91.0 Å². The molecule has 0 saturated heterocycles. The molecule has 0 atom stereocenters. The number of aromatic hydroxyl groups is 1.